The van der Waals surface area contributed by atoms with Crippen LogP contribution in [0.25, 0.3) is 0 Å². The van der Waals surface area contributed by atoms with Gasteiger partial charge in [0.15, 0.2) is 9.84 Å². The summed E-state index contributed by atoms with van der Waals surface area (Å²) >= 11 is 0. The third kappa shape index (κ3) is 3.66. The molecule has 0 saturated carbocycles. The van der Waals surface area contributed by atoms with E-state index in [4.69, 9.17) is 0 Å². The Morgan fingerprint density at radius 2 is 1.79 bits per heavy atom. The Hall–Kier alpha value is -2.68. The SMILES string of the molecule is CC(=O)Nc1ccc(NC(=O)c2c3c(nn2[C@@H]2CCS(=O)(=O)C2)CCC3)cc1. The topological polar surface area (TPSA) is 110 Å². The van der Waals surface area contributed by atoms with E-state index in [1.54, 1.807) is 28.9 Å². The van der Waals surface area contributed by atoms with E-state index in [2.05, 4.69) is 15.7 Å². The molecule has 0 spiro atoms. The van der Waals surface area contributed by atoms with Gasteiger partial charge in [0, 0.05) is 23.9 Å². The monoisotopic (exact) mass is 402 g/mol. The van der Waals surface area contributed by atoms with Crippen LogP contribution in [0.1, 0.15) is 47.6 Å². The van der Waals surface area contributed by atoms with Gasteiger partial charge >= 0.3 is 0 Å². The number of nitrogens with zero attached hydrogens (tertiary/aromatic N) is 2. The maximum atomic E-state index is 13.0. The summed E-state index contributed by atoms with van der Waals surface area (Å²) in [5, 5.41) is 10.1. The molecule has 1 atom stereocenters. The predicted octanol–water partition coefficient (Wildman–Crippen LogP) is 1.94. The van der Waals surface area contributed by atoms with Gasteiger partial charge in [-0.05, 0) is 49.9 Å². The first-order chi connectivity index (χ1) is 13.3. The van der Waals surface area contributed by atoms with Crippen LogP contribution in [0.3, 0.4) is 0 Å². The maximum Gasteiger partial charge on any atom is 0.274 e. The van der Waals surface area contributed by atoms with Gasteiger partial charge in [0.2, 0.25) is 5.91 Å². The van der Waals surface area contributed by atoms with Crippen LogP contribution in [0.2, 0.25) is 0 Å². The number of carbonyl (C=O) groups is 2. The van der Waals surface area contributed by atoms with E-state index in [0.29, 0.717) is 23.5 Å². The van der Waals surface area contributed by atoms with Crippen molar-refractivity contribution in [1.82, 2.24) is 9.78 Å². The second-order valence-electron chi connectivity index (χ2n) is 7.34. The molecule has 1 aliphatic carbocycles. The van der Waals surface area contributed by atoms with Crippen LogP contribution in [-0.2, 0) is 27.5 Å². The van der Waals surface area contributed by atoms with Crippen molar-refractivity contribution in [2.75, 3.05) is 22.1 Å². The molecule has 4 rings (SSSR count). The molecule has 2 aliphatic rings. The highest BCUT2D eigenvalue weighted by molar-refractivity contribution is 7.91. The summed E-state index contributed by atoms with van der Waals surface area (Å²) < 4.78 is 25.4. The lowest BCUT2D eigenvalue weighted by Gasteiger charge is -2.15. The second-order valence-corrected chi connectivity index (χ2v) is 9.57. The maximum absolute atomic E-state index is 13.0. The van der Waals surface area contributed by atoms with Gasteiger partial charge in [-0.3, -0.25) is 14.3 Å². The molecule has 2 amide bonds. The van der Waals surface area contributed by atoms with Gasteiger partial charge in [-0.15, -0.1) is 0 Å². The van der Waals surface area contributed by atoms with E-state index >= 15 is 0 Å². The van der Waals surface area contributed by atoms with E-state index in [0.717, 1.165) is 30.5 Å². The van der Waals surface area contributed by atoms with Gasteiger partial charge < -0.3 is 10.6 Å². The third-order valence-corrected chi connectivity index (χ3v) is 6.91. The number of carbonyl (C=O) groups excluding carboxylic acids is 2. The Labute approximate surface area is 163 Å². The number of fused-ring (bicyclic) bond motifs is 1. The number of nitrogens with one attached hydrogen (secondary N) is 2. The first-order valence-corrected chi connectivity index (χ1v) is 11.1. The van der Waals surface area contributed by atoms with Crippen molar-refractivity contribution in [3.8, 4) is 0 Å². The minimum Gasteiger partial charge on any atom is -0.326 e. The molecule has 0 radical (unpaired) electrons. The zero-order chi connectivity index (χ0) is 19.9. The quantitative estimate of drug-likeness (QED) is 0.812. The third-order valence-electron chi connectivity index (χ3n) is 5.16. The first-order valence-electron chi connectivity index (χ1n) is 9.32. The van der Waals surface area contributed by atoms with Crippen LogP contribution >= 0.6 is 0 Å². The van der Waals surface area contributed by atoms with Crippen LogP contribution in [0.5, 0.6) is 0 Å². The van der Waals surface area contributed by atoms with Crippen molar-refractivity contribution in [1.29, 1.82) is 0 Å². The Bertz CT molecular complexity index is 1040. The second kappa shape index (κ2) is 7.05. The molecule has 0 unspecified atom stereocenters. The van der Waals surface area contributed by atoms with E-state index in [1.165, 1.54) is 6.92 Å². The van der Waals surface area contributed by atoms with Crippen molar-refractivity contribution < 1.29 is 18.0 Å². The zero-order valence-corrected chi connectivity index (χ0v) is 16.4. The molecular weight excluding hydrogens is 380 g/mol. The van der Waals surface area contributed by atoms with Gasteiger partial charge in [-0.2, -0.15) is 5.10 Å². The standard InChI is InChI=1S/C19H22N4O4S/c1-12(24)20-13-5-7-14(8-6-13)21-19(25)18-16-3-2-4-17(16)22-23(18)15-9-10-28(26,27)11-15/h5-8,15H,2-4,9-11H2,1H3,(H,20,24)(H,21,25)/t15-/m1/s1. The first kappa shape index (κ1) is 18.7. The van der Waals surface area contributed by atoms with Gasteiger partial charge in [-0.25, -0.2) is 8.42 Å². The van der Waals surface area contributed by atoms with Gasteiger partial charge in [0.1, 0.15) is 5.69 Å². The van der Waals surface area contributed by atoms with Gasteiger partial charge in [0.05, 0.1) is 23.2 Å². The molecule has 1 fully saturated rings. The van der Waals surface area contributed by atoms with Crippen molar-refractivity contribution in [2.24, 2.45) is 0 Å². The number of hydrogen-bond acceptors (Lipinski definition) is 5. The Morgan fingerprint density at radius 1 is 1.11 bits per heavy atom. The highest BCUT2D eigenvalue weighted by atomic mass is 32.2. The molecule has 2 N–H and O–H groups in total. The van der Waals surface area contributed by atoms with Crippen LogP contribution in [0, 0.1) is 0 Å². The largest absolute Gasteiger partial charge is 0.326 e. The van der Waals surface area contributed by atoms with E-state index in [1.807, 2.05) is 0 Å². The van der Waals surface area contributed by atoms with Crippen molar-refractivity contribution in [3.63, 3.8) is 0 Å². The number of benzene rings is 1. The van der Waals surface area contributed by atoms with Gasteiger partial charge in [0.25, 0.3) is 5.91 Å². The summed E-state index contributed by atoms with van der Waals surface area (Å²) in [6.45, 7) is 1.43. The fourth-order valence-corrected chi connectivity index (χ4v) is 5.61. The molecule has 1 saturated heterocycles. The van der Waals surface area contributed by atoms with E-state index in [9.17, 15) is 18.0 Å². The van der Waals surface area contributed by atoms with Crippen LogP contribution < -0.4 is 10.6 Å². The van der Waals surface area contributed by atoms with Crippen LogP contribution in [-0.4, -0.2) is 41.5 Å². The molecule has 1 aromatic carbocycles. The zero-order valence-electron chi connectivity index (χ0n) is 15.6. The molecule has 2 heterocycles. The fraction of sp³-hybridized carbons (Fsp3) is 0.421. The van der Waals surface area contributed by atoms with Crippen LogP contribution in [0.15, 0.2) is 24.3 Å². The summed E-state index contributed by atoms with van der Waals surface area (Å²) in [5.74, 6) is -0.289. The molecule has 2 aromatic rings. The highest BCUT2D eigenvalue weighted by Crippen LogP contribution is 2.31. The number of anilines is 2. The normalized spacial score (nSPS) is 20.0. The molecular formula is C19H22N4O4S. The summed E-state index contributed by atoms with van der Waals surface area (Å²) in [5.41, 5.74) is 3.54. The lowest BCUT2D eigenvalue weighted by atomic mass is 10.1. The minimum atomic E-state index is -3.08. The lowest BCUT2D eigenvalue weighted by Crippen LogP contribution is -2.23. The summed E-state index contributed by atoms with van der Waals surface area (Å²) in [7, 11) is -3.08. The number of amides is 2. The van der Waals surface area contributed by atoms with Gasteiger partial charge in [-0.1, -0.05) is 0 Å². The summed E-state index contributed by atoms with van der Waals surface area (Å²) in [6.07, 6.45) is 3.02. The average molecular weight is 402 g/mol. The van der Waals surface area contributed by atoms with Crippen molar-refractivity contribution >= 4 is 33.0 Å². The number of aromatic nitrogens is 2. The Morgan fingerprint density at radius 3 is 2.39 bits per heavy atom. The number of hydrogen-bond donors (Lipinski definition) is 2. The molecule has 8 nitrogen and oxygen atoms in total. The molecule has 9 heteroatoms. The molecule has 1 aliphatic heterocycles. The lowest BCUT2D eigenvalue weighted by molar-refractivity contribution is -0.114. The molecule has 1 aromatic heterocycles. The minimum absolute atomic E-state index is 0.0270. The Kier molecular flexibility index (Phi) is 4.70. The van der Waals surface area contributed by atoms with Crippen molar-refractivity contribution in [2.45, 2.75) is 38.6 Å². The van der Waals surface area contributed by atoms with Crippen molar-refractivity contribution in [3.05, 3.63) is 41.2 Å². The molecule has 0 bridgehead atoms. The summed E-state index contributed by atoms with van der Waals surface area (Å²) in [6, 6.07) is 6.55. The number of aryl methyl sites for hydroxylation is 1. The van der Waals surface area contributed by atoms with E-state index in [-0.39, 0.29) is 29.4 Å². The predicted molar refractivity (Wildman–Crippen MR) is 105 cm³/mol. The number of rotatable bonds is 4. The highest BCUT2D eigenvalue weighted by Gasteiger charge is 2.35. The van der Waals surface area contributed by atoms with E-state index < -0.39 is 9.84 Å². The fourth-order valence-electron chi connectivity index (χ4n) is 3.92. The molecule has 28 heavy (non-hydrogen) atoms. The molecule has 148 valence electrons. The summed E-state index contributed by atoms with van der Waals surface area (Å²) in [4.78, 5) is 24.2. The van der Waals surface area contributed by atoms with Crippen LogP contribution in [0.4, 0.5) is 11.4 Å². The number of sulfone groups is 1. The Balaban J connectivity index is 1.59. The average Bonchev–Trinajstić information content (AvgIpc) is 3.29. The smallest absolute Gasteiger partial charge is 0.274 e.